The van der Waals surface area contributed by atoms with E-state index in [1.54, 1.807) is 13.8 Å². The molecule has 150 valence electrons. The van der Waals surface area contributed by atoms with Crippen LogP contribution in [0.5, 0.6) is 11.5 Å². The quantitative estimate of drug-likeness (QED) is 0.454. The van der Waals surface area contributed by atoms with E-state index in [1.807, 2.05) is 0 Å². The summed E-state index contributed by atoms with van der Waals surface area (Å²) in [5.41, 5.74) is 0. The molecule has 0 spiro atoms. The molecule has 0 aliphatic heterocycles. The van der Waals surface area contributed by atoms with Gasteiger partial charge in [0.15, 0.2) is 0 Å². The fraction of sp³-hybridized carbons (Fsp3) is 0.222. The molecule has 2 N–H and O–H groups in total. The van der Waals surface area contributed by atoms with Crippen molar-refractivity contribution in [1.29, 1.82) is 0 Å². The largest absolute Gasteiger partial charge is 0.493 e. The van der Waals surface area contributed by atoms with E-state index >= 15 is 0 Å². The van der Waals surface area contributed by atoms with Crippen molar-refractivity contribution < 1.29 is 35.4 Å². The number of benzene rings is 3. The Bertz CT molecular complexity index is 1180. The molecule has 0 saturated heterocycles. The lowest BCUT2D eigenvalue weighted by atomic mass is 10.0. The van der Waals surface area contributed by atoms with E-state index in [0.29, 0.717) is 33.0 Å². The molecular formula is C18H18O8S2. The minimum Gasteiger partial charge on any atom is -0.493 e. The smallest absolute Gasteiger partial charge is 0.294 e. The predicted octanol–water partition coefficient (Wildman–Crippen LogP) is 3.28. The summed E-state index contributed by atoms with van der Waals surface area (Å²) in [4.78, 5) is -0.616. The summed E-state index contributed by atoms with van der Waals surface area (Å²) >= 11 is 0. The van der Waals surface area contributed by atoms with Crippen molar-refractivity contribution in [2.24, 2.45) is 0 Å². The molecule has 0 fully saturated rings. The average molecular weight is 426 g/mol. The molecule has 10 heteroatoms. The van der Waals surface area contributed by atoms with Gasteiger partial charge in [-0.3, -0.25) is 9.11 Å². The molecular weight excluding hydrogens is 408 g/mol. The van der Waals surface area contributed by atoms with E-state index in [-0.39, 0.29) is 23.0 Å². The van der Waals surface area contributed by atoms with Gasteiger partial charge in [0.25, 0.3) is 20.2 Å². The van der Waals surface area contributed by atoms with Gasteiger partial charge in [0.1, 0.15) is 11.5 Å². The molecule has 0 heterocycles. The SMILES string of the molecule is CCOc1c2ccc(S(=O)(=O)O)cc2c(OCC)c2ccc(S(=O)(=O)O)cc12. The van der Waals surface area contributed by atoms with Gasteiger partial charge in [0.2, 0.25) is 0 Å². The van der Waals surface area contributed by atoms with Crippen LogP contribution in [-0.2, 0) is 20.2 Å². The standard InChI is InChI=1S/C18H18O8S2/c1-3-25-17-13-7-5-12(28(22,23)24)10-16(13)18(26-4-2)14-8-6-11(9-15(14)17)27(19,20)21/h5-10H,3-4H2,1-2H3,(H,19,20,21)(H,22,23,24). The maximum atomic E-state index is 11.6. The average Bonchev–Trinajstić information content (AvgIpc) is 2.62. The van der Waals surface area contributed by atoms with Crippen LogP contribution in [0.25, 0.3) is 21.5 Å². The van der Waals surface area contributed by atoms with Crippen LogP contribution in [0, 0.1) is 0 Å². The van der Waals surface area contributed by atoms with Gasteiger partial charge in [-0.15, -0.1) is 0 Å². The van der Waals surface area contributed by atoms with Crippen LogP contribution in [0.4, 0.5) is 0 Å². The van der Waals surface area contributed by atoms with Crippen molar-refractivity contribution >= 4 is 41.8 Å². The van der Waals surface area contributed by atoms with Crippen LogP contribution in [0.15, 0.2) is 46.2 Å². The molecule has 0 aliphatic rings. The molecule has 0 atom stereocenters. The highest BCUT2D eigenvalue weighted by Crippen LogP contribution is 2.44. The van der Waals surface area contributed by atoms with Crippen LogP contribution in [0.1, 0.15) is 13.8 Å². The van der Waals surface area contributed by atoms with Gasteiger partial charge in [-0.1, -0.05) is 0 Å². The summed E-state index contributed by atoms with van der Waals surface area (Å²) in [5.74, 6) is 0.617. The molecule has 0 radical (unpaired) electrons. The first-order valence-electron chi connectivity index (χ1n) is 8.32. The third kappa shape index (κ3) is 3.63. The predicted molar refractivity (Wildman–Crippen MR) is 103 cm³/mol. The topological polar surface area (TPSA) is 127 Å². The zero-order valence-electron chi connectivity index (χ0n) is 15.0. The number of ether oxygens (including phenoxy) is 2. The van der Waals surface area contributed by atoms with Crippen molar-refractivity contribution in [3.63, 3.8) is 0 Å². The van der Waals surface area contributed by atoms with E-state index < -0.39 is 20.2 Å². The van der Waals surface area contributed by atoms with Gasteiger partial charge >= 0.3 is 0 Å². The normalized spacial score (nSPS) is 12.4. The lowest BCUT2D eigenvalue weighted by Crippen LogP contribution is -2.03. The van der Waals surface area contributed by atoms with E-state index in [1.165, 1.54) is 36.4 Å². The van der Waals surface area contributed by atoms with Crippen molar-refractivity contribution in [2.75, 3.05) is 13.2 Å². The zero-order valence-corrected chi connectivity index (χ0v) is 16.7. The molecule has 0 aliphatic carbocycles. The molecule has 0 amide bonds. The number of hydrogen-bond acceptors (Lipinski definition) is 6. The minimum absolute atomic E-state index is 0.258. The first-order valence-corrected chi connectivity index (χ1v) is 11.2. The molecule has 3 aromatic rings. The molecule has 0 aromatic heterocycles. The second-order valence-corrected chi connectivity index (χ2v) is 8.73. The van der Waals surface area contributed by atoms with E-state index in [9.17, 15) is 25.9 Å². The van der Waals surface area contributed by atoms with Gasteiger partial charge in [-0.2, -0.15) is 16.8 Å². The summed E-state index contributed by atoms with van der Waals surface area (Å²) < 4.78 is 76.5. The summed E-state index contributed by atoms with van der Waals surface area (Å²) in [6.45, 7) is 4.00. The molecule has 0 saturated carbocycles. The number of hydrogen-bond donors (Lipinski definition) is 2. The maximum absolute atomic E-state index is 11.6. The van der Waals surface area contributed by atoms with Crippen LogP contribution in [-0.4, -0.2) is 39.2 Å². The highest BCUT2D eigenvalue weighted by molar-refractivity contribution is 7.86. The Morgan fingerprint density at radius 2 is 1.04 bits per heavy atom. The van der Waals surface area contributed by atoms with Crippen LogP contribution in [0.3, 0.4) is 0 Å². The van der Waals surface area contributed by atoms with Gasteiger partial charge in [0.05, 0.1) is 23.0 Å². The third-order valence-corrected chi connectivity index (χ3v) is 5.83. The lowest BCUT2D eigenvalue weighted by molar-refractivity contribution is 0.342. The summed E-state index contributed by atoms with van der Waals surface area (Å²) in [5, 5.41) is 1.70. The first-order chi connectivity index (χ1) is 13.1. The van der Waals surface area contributed by atoms with E-state index in [0.717, 1.165) is 0 Å². The Morgan fingerprint density at radius 3 is 1.32 bits per heavy atom. The third-order valence-electron chi connectivity index (χ3n) is 4.13. The summed E-state index contributed by atoms with van der Waals surface area (Å²) in [6.07, 6.45) is 0. The fourth-order valence-electron chi connectivity index (χ4n) is 3.03. The van der Waals surface area contributed by atoms with Gasteiger partial charge in [0, 0.05) is 21.5 Å². The van der Waals surface area contributed by atoms with Gasteiger partial charge in [-0.25, -0.2) is 0 Å². The van der Waals surface area contributed by atoms with Crippen molar-refractivity contribution in [3.8, 4) is 11.5 Å². The zero-order chi connectivity index (χ0) is 20.7. The Balaban J connectivity index is 2.54. The fourth-order valence-corrected chi connectivity index (χ4v) is 4.04. The molecule has 8 nitrogen and oxygen atoms in total. The van der Waals surface area contributed by atoms with E-state index in [2.05, 4.69) is 0 Å². The van der Waals surface area contributed by atoms with Gasteiger partial charge in [-0.05, 0) is 50.2 Å². The molecule has 0 bridgehead atoms. The molecule has 3 aromatic carbocycles. The monoisotopic (exact) mass is 426 g/mol. The van der Waals surface area contributed by atoms with Crippen molar-refractivity contribution in [3.05, 3.63) is 36.4 Å². The Hall–Kier alpha value is -2.40. The lowest BCUT2D eigenvalue weighted by Gasteiger charge is -2.17. The van der Waals surface area contributed by atoms with Gasteiger partial charge < -0.3 is 9.47 Å². The van der Waals surface area contributed by atoms with Crippen molar-refractivity contribution in [1.82, 2.24) is 0 Å². The highest BCUT2D eigenvalue weighted by atomic mass is 32.2. The second-order valence-electron chi connectivity index (χ2n) is 5.89. The minimum atomic E-state index is -4.44. The summed E-state index contributed by atoms with van der Waals surface area (Å²) in [7, 11) is -8.88. The summed E-state index contributed by atoms with van der Waals surface area (Å²) in [6, 6.07) is 7.88. The van der Waals surface area contributed by atoms with E-state index in [4.69, 9.17) is 9.47 Å². The van der Waals surface area contributed by atoms with Crippen LogP contribution >= 0.6 is 0 Å². The molecule has 0 unspecified atom stereocenters. The number of fused-ring (bicyclic) bond motifs is 2. The molecule has 28 heavy (non-hydrogen) atoms. The molecule has 3 rings (SSSR count). The Labute approximate surface area is 162 Å². The highest BCUT2D eigenvalue weighted by Gasteiger charge is 2.21. The first kappa shape index (κ1) is 20.3. The Morgan fingerprint density at radius 1 is 0.679 bits per heavy atom. The Kier molecular flexibility index (Phi) is 5.24. The number of rotatable bonds is 6. The van der Waals surface area contributed by atoms with Crippen LogP contribution in [0.2, 0.25) is 0 Å². The maximum Gasteiger partial charge on any atom is 0.294 e. The van der Waals surface area contributed by atoms with Crippen LogP contribution < -0.4 is 9.47 Å². The van der Waals surface area contributed by atoms with Crippen molar-refractivity contribution in [2.45, 2.75) is 23.6 Å². The second kappa shape index (κ2) is 7.21.